The highest BCUT2D eigenvalue weighted by Crippen LogP contribution is 2.45. The normalized spacial score (nSPS) is 23.1. The molecular weight excluding hydrogens is 428 g/mol. The summed E-state index contributed by atoms with van der Waals surface area (Å²) < 4.78 is 17.0. The summed E-state index contributed by atoms with van der Waals surface area (Å²) >= 11 is 0. The minimum atomic E-state index is -0.753. The fourth-order valence-electron chi connectivity index (χ4n) is 5.66. The molecule has 4 atom stereocenters. The van der Waals surface area contributed by atoms with E-state index in [4.69, 9.17) is 19.9 Å². The summed E-state index contributed by atoms with van der Waals surface area (Å²) in [6.45, 7) is 6.99. The van der Waals surface area contributed by atoms with Crippen LogP contribution in [0.5, 0.6) is 11.5 Å². The third-order valence-corrected chi connectivity index (χ3v) is 7.40. The van der Waals surface area contributed by atoms with Gasteiger partial charge in [-0.25, -0.2) is 4.79 Å². The first-order chi connectivity index (χ1) is 16.4. The van der Waals surface area contributed by atoms with E-state index in [1.165, 1.54) is 11.1 Å². The van der Waals surface area contributed by atoms with Crippen molar-refractivity contribution in [3.63, 3.8) is 0 Å². The topological polar surface area (TPSA) is 74.0 Å². The second-order valence-electron chi connectivity index (χ2n) is 10.1. The van der Waals surface area contributed by atoms with Crippen LogP contribution in [-0.4, -0.2) is 44.8 Å². The Morgan fingerprint density at radius 3 is 2.47 bits per heavy atom. The molecule has 3 unspecified atom stereocenters. The number of hydrogen-bond donors (Lipinski definition) is 1. The van der Waals surface area contributed by atoms with E-state index < -0.39 is 6.04 Å². The predicted molar refractivity (Wildman–Crippen MR) is 133 cm³/mol. The molecule has 2 aromatic rings. The molecule has 1 fully saturated rings. The van der Waals surface area contributed by atoms with E-state index in [2.05, 4.69) is 30.9 Å². The van der Waals surface area contributed by atoms with Crippen LogP contribution in [0.4, 0.5) is 0 Å². The number of esters is 1. The first-order valence-corrected chi connectivity index (χ1v) is 12.4. The molecule has 0 spiro atoms. The SMILES string of the molecule is COc1cc2c(cc1OC)C1CC(COC(=O)[C@@H](N)c3ccccc3)C(CC(C)C)CN1CC2. The molecule has 4 rings (SSSR count). The number of fused-ring (bicyclic) bond motifs is 3. The molecule has 2 aliphatic heterocycles. The zero-order valence-corrected chi connectivity index (χ0v) is 20.8. The molecule has 2 aromatic carbocycles. The van der Waals surface area contributed by atoms with Crippen molar-refractivity contribution in [3.05, 3.63) is 59.2 Å². The summed E-state index contributed by atoms with van der Waals surface area (Å²) in [4.78, 5) is 15.4. The quantitative estimate of drug-likeness (QED) is 0.576. The van der Waals surface area contributed by atoms with Crippen LogP contribution in [0, 0.1) is 17.8 Å². The Balaban J connectivity index is 1.52. The Bertz CT molecular complexity index is 978. The van der Waals surface area contributed by atoms with Crippen molar-refractivity contribution in [2.24, 2.45) is 23.5 Å². The van der Waals surface area contributed by atoms with Gasteiger partial charge in [0.1, 0.15) is 6.04 Å². The molecule has 0 saturated carbocycles. The maximum absolute atomic E-state index is 12.8. The van der Waals surface area contributed by atoms with Crippen LogP contribution in [0.3, 0.4) is 0 Å². The monoisotopic (exact) mass is 466 g/mol. The van der Waals surface area contributed by atoms with Crippen LogP contribution in [0.25, 0.3) is 0 Å². The van der Waals surface area contributed by atoms with Crippen molar-refractivity contribution in [3.8, 4) is 11.5 Å². The minimum absolute atomic E-state index is 0.287. The van der Waals surface area contributed by atoms with Crippen molar-refractivity contribution < 1.29 is 19.0 Å². The molecule has 1 saturated heterocycles. The lowest BCUT2D eigenvalue weighted by Crippen LogP contribution is -2.47. The number of nitrogens with two attached hydrogens (primary N) is 1. The second kappa shape index (κ2) is 10.8. The molecule has 0 aliphatic carbocycles. The molecule has 34 heavy (non-hydrogen) atoms. The van der Waals surface area contributed by atoms with Crippen molar-refractivity contribution in [1.82, 2.24) is 4.90 Å². The zero-order valence-electron chi connectivity index (χ0n) is 20.8. The Hall–Kier alpha value is -2.57. The number of piperidine rings is 1. The average Bonchev–Trinajstić information content (AvgIpc) is 2.85. The Morgan fingerprint density at radius 2 is 1.79 bits per heavy atom. The lowest BCUT2D eigenvalue weighted by molar-refractivity contribution is -0.148. The molecule has 6 nitrogen and oxygen atoms in total. The van der Waals surface area contributed by atoms with Gasteiger partial charge in [-0.2, -0.15) is 0 Å². The van der Waals surface area contributed by atoms with E-state index in [0.29, 0.717) is 24.5 Å². The number of carbonyl (C=O) groups excluding carboxylic acids is 1. The van der Waals surface area contributed by atoms with Gasteiger partial charge >= 0.3 is 5.97 Å². The first kappa shape index (κ1) is 24.6. The van der Waals surface area contributed by atoms with Crippen LogP contribution in [0.1, 0.15) is 55.5 Å². The van der Waals surface area contributed by atoms with E-state index in [0.717, 1.165) is 49.4 Å². The van der Waals surface area contributed by atoms with Crippen molar-refractivity contribution >= 4 is 5.97 Å². The van der Waals surface area contributed by atoms with Gasteiger partial charge in [0.2, 0.25) is 0 Å². The number of hydrogen-bond acceptors (Lipinski definition) is 6. The summed E-state index contributed by atoms with van der Waals surface area (Å²) in [5.74, 6) is 2.56. The summed E-state index contributed by atoms with van der Waals surface area (Å²) in [5, 5.41) is 0. The van der Waals surface area contributed by atoms with Gasteiger partial charge in [-0.3, -0.25) is 4.90 Å². The van der Waals surface area contributed by atoms with Crippen molar-refractivity contribution in [2.45, 2.75) is 45.2 Å². The van der Waals surface area contributed by atoms with E-state index in [1.54, 1.807) is 14.2 Å². The van der Waals surface area contributed by atoms with E-state index in [1.807, 2.05) is 30.3 Å². The fraction of sp³-hybridized carbons (Fsp3) is 0.536. The zero-order chi connectivity index (χ0) is 24.2. The summed E-state index contributed by atoms with van der Waals surface area (Å²) in [6.07, 6.45) is 3.08. The largest absolute Gasteiger partial charge is 0.493 e. The van der Waals surface area contributed by atoms with Gasteiger partial charge in [0.15, 0.2) is 11.5 Å². The van der Waals surface area contributed by atoms with Gasteiger partial charge in [-0.1, -0.05) is 44.2 Å². The van der Waals surface area contributed by atoms with Crippen LogP contribution < -0.4 is 15.2 Å². The Labute approximate surface area is 203 Å². The number of ether oxygens (including phenoxy) is 3. The fourth-order valence-corrected chi connectivity index (χ4v) is 5.66. The van der Waals surface area contributed by atoms with Gasteiger partial charge in [0.25, 0.3) is 0 Å². The molecule has 184 valence electrons. The Kier molecular flexibility index (Phi) is 7.79. The number of carbonyl (C=O) groups is 1. The molecule has 0 aromatic heterocycles. The second-order valence-corrected chi connectivity index (χ2v) is 10.1. The van der Waals surface area contributed by atoms with Gasteiger partial charge in [-0.15, -0.1) is 0 Å². The van der Waals surface area contributed by atoms with Gasteiger partial charge in [0, 0.05) is 19.1 Å². The number of rotatable bonds is 8. The highest BCUT2D eigenvalue weighted by molar-refractivity contribution is 5.77. The number of benzene rings is 2. The molecule has 0 bridgehead atoms. The van der Waals surface area contributed by atoms with Gasteiger partial charge in [-0.05, 0) is 65.8 Å². The molecule has 2 N–H and O–H groups in total. The lowest BCUT2D eigenvalue weighted by Gasteiger charge is -2.47. The van der Waals surface area contributed by atoms with Crippen LogP contribution >= 0.6 is 0 Å². The molecule has 0 radical (unpaired) electrons. The molecule has 2 heterocycles. The summed E-state index contributed by atoms with van der Waals surface area (Å²) in [5.41, 5.74) is 9.60. The highest BCUT2D eigenvalue weighted by atomic mass is 16.5. The number of methoxy groups -OCH3 is 2. The van der Waals surface area contributed by atoms with Gasteiger partial charge < -0.3 is 19.9 Å². The molecular formula is C28H38N2O4. The summed E-state index contributed by atoms with van der Waals surface area (Å²) in [7, 11) is 3.36. The first-order valence-electron chi connectivity index (χ1n) is 12.4. The third-order valence-electron chi connectivity index (χ3n) is 7.40. The van der Waals surface area contributed by atoms with E-state index in [9.17, 15) is 4.79 Å². The molecule has 0 amide bonds. The molecule has 2 aliphatic rings. The summed E-state index contributed by atoms with van der Waals surface area (Å²) in [6, 6.07) is 13.2. The minimum Gasteiger partial charge on any atom is -0.493 e. The average molecular weight is 467 g/mol. The van der Waals surface area contributed by atoms with Crippen molar-refractivity contribution in [2.75, 3.05) is 33.9 Å². The van der Waals surface area contributed by atoms with Crippen LogP contribution in [-0.2, 0) is 16.0 Å². The predicted octanol–water partition coefficient (Wildman–Crippen LogP) is 4.53. The number of nitrogens with zero attached hydrogens (tertiary/aromatic N) is 1. The smallest absolute Gasteiger partial charge is 0.327 e. The van der Waals surface area contributed by atoms with Crippen LogP contribution in [0.2, 0.25) is 0 Å². The van der Waals surface area contributed by atoms with E-state index in [-0.39, 0.29) is 11.9 Å². The van der Waals surface area contributed by atoms with Crippen LogP contribution in [0.15, 0.2) is 42.5 Å². The van der Waals surface area contributed by atoms with E-state index >= 15 is 0 Å². The third kappa shape index (κ3) is 5.23. The van der Waals surface area contributed by atoms with Gasteiger partial charge in [0.05, 0.1) is 20.8 Å². The maximum atomic E-state index is 12.8. The highest BCUT2D eigenvalue weighted by Gasteiger charge is 2.40. The lowest BCUT2D eigenvalue weighted by atomic mass is 9.74. The Morgan fingerprint density at radius 1 is 1.09 bits per heavy atom. The van der Waals surface area contributed by atoms with Crippen molar-refractivity contribution in [1.29, 1.82) is 0 Å². The standard InChI is InChI=1S/C28H38N2O4/c1-18(2)12-21-16-30-11-10-20-14-25(32-3)26(33-4)15-23(20)24(30)13-22(21)17-34-28(31)27(29)19-8-6-5-7-9-19/h5-9,14-15,18,21-22,24,27H,10-13,16-17,29H2,1-4H3/t21?,22?,24?,27-/m0/s1. The maximum Gasteiger partial charge on any atom is 0.327 e. The molecule has 6 heteroatoms.